The number of nitrogens with zero attached hydrogens (tertiary/aromatic N) is 4. The Bertz CT molecular complexity index is 1320. The van der Waals surface area contributed by atoms with Gasteiger partial charge in [-0.05, 0) is 42.5 Å². The minimum Gasteiger partial charge on any atom is -0.439 e. The summed E-state index contributed by atoms with van der Waals surface area (Å²) in [5, 5.41) is 9.15. The quantitative estimate of drug-likeness (QED) is 0.410. The lowest BCUT2D eigenvalue weighted by Crippen LogP contribution is -2.27. The molecule has 0 saturated heterocycles. The van der Waals surface area contributed by atoms with E-state index in [1.165, 1.54) is 36.5 Å². The van der Waals surface area contributed by atoms with Crippen LogP contribution in [-0.2, 0) is 12.7 Å². The number of carbonyl (C=O) groups is 1. The molecule has 1 amide bonds. The number of alkyl halides is 3. The molecule has 1 N–H and O–H groups in total. The second-order valence-corrected chi connectivity index (χ2v) is 6.88. The average molecular weight is 475 g/mol. The number of benzene rings is 2. The molecule has 34 heavy (non-hydrogen) atoms. The second kappa shape index (κ2) is 9.25. The zero-order chi connectivity index (χ0) is 24.3. The molecule has 0 saturated carbocycles. The normalized spacial score (nSPS) is 11.3. The minimum atomic E-state index is -4.98. The number of hydrogen-bond acceptors (Lipinski definition) is 5. The predicted octanol–water partition coefficient (Wildman–Crippen LogP) is 4.68. The molecule has 2 aromatic carbocycles. The highest BCUT2D eigenvalue weighted by Crippen LogP contribution is 2.33. The van der Waals surface area contributed by atoms with Crippen molar-refractivity contribution in [3.05, 3.63) is 95.4 Å². The van der Waals surface area contributed by atoms with E-state index in [9.17, 15) is 26.7 Å². The number of carbonyl (C=O) groups excluding carboxylic acids is 1. The van der Waals surface area contributed by atoms with Crippen LogP contribution in [0.25, 0.3) is 5.69 Å². The van der Waals surface area contributed by atoms with Crippen LogP contribution in [0, 0.1) is 11.6 Å². The van der Waals surface area contributed by atoms with Gasteiger partial charge in [0, 0.05) is 24.4 Å². The van der Waals surface area contributed by atoms with Gasteiger partial charge in [-0.2, -0.15) is 13.2 Å². The Labute approximate surface area is 188 Å². The number of aromatic nitrogens is 4. The summed E-state index contributed by atoms with van der Waals surface area (Å²) in [6, 6.07) is 12.4. The van der Waals surface area contributed by atoms with E-state index < -0.39 is 35.1 Å². The average Bonchev–Trinajstić information content (AvgIpc) is 3.25. The Morgan fingerprint density at radius 2 is 1.76 bits per heavy atom. The highest BCUT2D eigenvalue weighted by atomic mass is 19.4. The van der Waals surface area contributed by atoms with Crippen LogP contribution >= 0.6 is 0 Å². The maximum atomic E-state index is 13.8. The van der Waals surface area contributed by atoms with Gasteiger partial charge in [0.25, 0.3) is 5.91 Å². The minimum absolute atomic E-state index is 0.0272. The third-order valence-electron chi connectivity index (χ3n) is 4.53. The number of nitrogens with one attached hydrogen (secondary N) is 1. The first kappa shape index (κ1) is 22.8. The molecule has 12 heteroatoms. The van der Waals surface area contributed by atoms with Crippen LogP contribution in [0.2, 0.25) is 0 Å². The van der Waals surface area contributed by atoms with Gasteiger partial charge in [0.15, 0.2) is 11.4 Å². The molecule has 4 rings (SSSR count). The lowest BCUT2D eigenvalue weighted by Gasteiger charge is -2.12. The van der Waals surface area contributed by atoms with Crippen LogP contribution < -0.4 is 10.1 Å². The van der Waals surface area contributed by atoms with Gasteiger partial charge in [0.2, 0.25) is 5.88 Å². The Morgan fingerprint density at radius 1 is 1.00 bits per heavy atom. The SMILES string of the molecule is O=C(NCc1cccnc1Oc1cccc(F)c1)c1nnn(-c2ccc(F)cc2)c1C(F)(F)F. The van der Waals surface area contributed by atoms with Crippen LogP contribution in [0.3, 0.4) is 0 Å². The topological polar surface area (TPSA) is 81.9 Å². The van der Waals surface area contributed by atoms with Crippen molar-refractivity contribution in [2.24, 2.45) is 0 Å². The molecule has 0 atom stereocenters. The molecule has 0 aliphatic rings. The molecule has 0 aliphatic heterocycles. The van der Waals surface area contributed by atoms with Gasteiger partial charge in [0.1, 0.15) is 17.4 Å². The zero-order valence-corrected chi connectivity index (χ0v) is 17.1. The molecule has 7 nitrogen and oxygen atoms in total. The van der Waals surface area contributed by atoms with Crippen molar-refractivity contribution in [2.75, 3.05) is 0 Å². The van der Waals surface area contributed by atoms with Crippen molar-refractivity contribution in [1.82, 2.24) is 25.3 Å². The third-order valence-corrected chi connectivity index (χ3v) is 4.53. The van der Waals surface area contributed by atoms with Crippen LogP contribution in [0.5, 0.6) is 11.6 Å². The third kappa shape index (κ3) is 5.00. The fraction of sp³-hybridized carbons (Fsp3) is 0.0909. The molecule has 2 heterocycles. The highest BCUT2D eigenvalue weighted by Gasteiger charge is 2.42. The van der Waals surface area contributed by atoms with Crippen molar-refractivity contribution in [2.45, 2.75) is 12.7 Å². The van der Waals surface area contributed by atoms with Gasteiger partial charge < -0.3 is 10.1 Å². The van der Waals surface area contributed by atoms with E-state index in [4.69, 9.17) is 4.74 Å². The second-order valence-electron chi connectivity index (χ2n) is 6.88. The molecule has 0 unspecified atom stereocenters. The Morgan fingerprint density at radius 3 is 2.47 bits per heavy atom. The van der Waals surface area contributed by atoms with Gasteiger partial charge in [-0.1, -0.05) is 17.3 Å². The van der Waals surface area contributed by atoms with E-state index in [0.29, 0.717) is 10.2 Å². The Balaban J connectivity index is 1.57. The lowest BCUT2D eigenvalue weighted by atomic mass is 10.2. The van der Waals surface area contributed by atoms with Gasteiger partial charge in [-0.15, -0.1) is 5.10 Å². The Hall–Kier alpha value is -4.35. The maximum absolute atomic E-state index is 13.8. The maximum Gasteiger partial charge on any atom is 0.435 e. The number of amides is 1. The summed E-state index contributed by atoms with van der Waals surface area (Å²) in [4.78, 5) is 16.6. The van der Waals surface area contributed by atoms with E-state index in [2.05, 4.69) is 20.6 Å². The molecule has 0 aliphatic carbocycles. The lowest BCUT2D eigenvalue weighted by molar-refractivity contribution is -0.143. The summed E-state index contributed by atoms with van der Waals surface area (Å²) >= 11 is 0. The molecule has 174 valence electrons. The molecule has 4 aromatic rings. The molecular weight excluding hydrogens is 461 g/mol. The molecular formula is C22H14F5N5O2. The largest absolute Gasteiger partial charge is 0.439 e. The fourth-order valence-corrected chi connectivity index (χ4v) is 3.00. The van der Waals surface area contributed by atoms with Crippen LogP contribution in [0.1, 0.15) is 21.7 Å². The predicted molar refractivity (Wildman–Crippen MR) is 108 cm³/mol. The number of hydrogen-bond donors (Lipinski definition) is 1. The van der Waals surface area contributed by atoms with E-state index in [1.54, 1.807) is 0 Å². The summed E-state index contributed by atoms with van der Waals surface area (Å²) in [6.45, 7) is -0.266. The molecule has 0 spiro atoms. The van der Waals surface area contributed by atoms with E-state index in [0.717, 1.165) is 30.3 Å². The summed E-state index contributed by atoms with van der Waals surface area (Å²) < 4.78 is 73.8. The van der Waals surface area contributed by atoms with Gasteiger partial charge >= 0.3 is 6.18 Å². The van der Waals surface area contributed by atoms with Gasteiger partial charge in [-0.25, -0.2) is 18.4 Å². The fourth-order valence-electron chi connectivity index (χ4n) is 3.00. The highest BCUT2D eigenvalue weighted by molar-refractivity contribution is 5.93. The first-order valence-electron chi connectivity index (χ1n) is 9.67. The smallest absolute Gasteiger partial charge is 0.435 e. The summed E-state index contributed by atoms with van der Waals surface area (Å²) in [6.07, 6.45) is -3.58. The van der Waals surface area contributed by atoms with Crippen LogP contribution in [0.15, 0.2) is 66.9 Å². The Kier molecular flexibility index (Phi) is 6.21. The number of ether oxygens (including phenoxy) is 1. The molecule has 0 fully saturated rings. The van der Waals surface area contributed by atoms with Gasteiger partial charge in [0.05, 0.1) is 5.69 Å². The van der Waals surface area contributed by atoms with Crippen molar-refractivity contribution in [3.8, 4) is 17.3 Å². The van der Waals surface area contributed by atoms with Crippen molar-refractivity contribution < 1.29 is 31.5 Å². The summed E-state index contributed by atoms with van der Waals surface area (Å²) in [7, 11) is 0. The van der Waals surface area contributed by atoms with Crippen molar-refractivity contribution in [3.63, 3.8) is 0 Å². The molecule has 2 aromatic heterocycles. The number of pyridine rings is 1. The number of rotatable bonds is 6. The monoisotopic (exact) mass is 475 g/mol. The van der Waals surface area contributed by atoms with Crippen LogP contribution in [-0.4, -0.2) is 25.9 Å². The summed E-state index contributed by atoms with van der Waals surface area (Å²) in [5.41, 5.74) is -2.19. The first-order chi connectivity index (χ1) is 16.2. The first-order valence-corrected chi connectivity index (χ1v) is 9.67. The van der Waals surface area contributed by atoms with Crippen molar-refractivity contribution in [1.29, 1.82) is 0 Å². The van der Waals surface area contributed by atoms with Crippen molar-refractivity contribution >= 4 is 5.91 Å². The molecule has 0 bridgehead atoms. The van der Waals surface area contributed by atoms with Gasteiger partial charge in [-0.3, -0.25) is 4.79 Å². The van der Waals surface area contributed by atoms with E-state index >= 15 is 0 Å². The van der Waals surface area contributed by atoms with Crippen LogP contribution in [0.4, 0.5) is 22.0 Å². The zero-order valence-electron chi connectivity index (χ0n) is 17.1. The molecule has 0 radical (unpaired) electrons. The standard InChI is InChI=1S/C22H14F5N5O2/c23-14-6-8-16(9-7-14)32-19(22(25,26)27)18(30-31-32)20(33)29-12-13-3-2-10-28-21(13)34-17-5-1-4-15(24)11-17/h1-11H,12H2,(H,29,33). The van der Waals surface area contributed by atoms with E-state index in [-0.39, 0.29) is 23.9 Å². The number of halogens is 5. The van der Waals surface area contributed by atoms with E-state index in [1.807, 2.05) is 0 Å². The summed E-state index contributed by atoms with van der Waals surface area (Å²) in [5.74, 6) is -2.16.